The number of carbonyl (C=O) groups is 1. The summed E-state index contributed by atoms with van der Waals surface area (Å²) in [7, 11) is 0. The van der Waals surface area contributed by atoms with Crippen molar-refractivity contribution in [1.82, 2.24) is 10.3 Å². The Hall–Kier alpha value is -3.61. The van der Waals surface area contributed by atoms with Gasteiger partial charge in [-0.05, 0) is 85.7 Å². The molecule has 0 bridgehead atoms. The number of nitrogens with zero attached hydrogens (tertiary/aromatic N) is 2. The Morgan fingerprint density at radius 2 is 1.85 bits per heavy atom. The lowest BCUT2D eigenvalue weighted by molar-refractivity contribution is 0.0953. The number of aryl methyl sites for hydroxylation is 4. The number of fused-ring (bicyclic) bond motifs is 1. The number of benzene rings is 3. The third-order valence-electron chi connectivity index (χ3n) is 7.11. The smallest absolute Gasteiger partial charge is 0.251 e. The van der Waals surface area contributed by atoms with Gasteiger partial charge in [-0.2, -0.15) is 0 Å². The van der Waals surface area contributed by atoms with Gasteiger partial charge in [-0.15, -0.1) is 11.3 Å². The van der Waals surface area contributed by atoms with E-state index in [4.69, 9.17) is 16.6 Å². The van der Waals surface area contributed by atoms with E-state index in [1.165, 1.54) is 17.5 Å². The maximum Gasteiger partial charge on any atom is 0.251 e. The Kier molecular flexibility index (Phi) is 8.05. The molecular weight excluding hydrogens is 526 g/mol. The van der Waals surface area contributed by atoms with Crippen molar-refractivity contribution in [2.24, 2.45) is 0 Å². The van der Waals surface area contributed by atoms with Crippen molar-refractivity contribution in [3.8, 4) is 11.3 Å². The number of aliphatic hydroxyl groups is 1. The molecule has 5 rings (SSSR count). The first-order valence-electron chi connectivity index (χ1n) is 13.2. The summed E-state index contributed by atoms with van der Waals surface area (Å²) >= 11 is 8.12. The van der Waals surface area contributed by atoms with Crippen LogP contribution in [0, 0.1) is 13.8 Å². The van der Waals surface area contributed by atoms with Gasteiger partial charge in [0.2, 0.25) is 0 Å². The van der Waals surface area contributed by atoms with Gasteiger partial charge in [-0.25, -0.2) is 4.98 Å². The summed E-state index contributed by atoms with van der Waals surface area (Å²) in [6, 6.07) is 20.5. The summed E-state index contributed by atoms with van der Waals surface area (Å²) in [5.74, 6) is -0.112. The molecule has 0 aliphatic heterocycles. The van der Waals surface area contributed by atoms with E-state index < -0.39 is 0 Å². The fourth-order valence-corrected chi connectivity index (χ4v) is 6.00. The number of hydrogen-bond donors (Lipinski definition) is 2. The van der Waals surface area contributed by atoms with Gasteiger partial charge >= 0.3 is 0 Å². The predicted molar refractivity (Wildman–Crippen MR) is 162 cm³/mol. The highest BCUT2D eigenvalue weighted by Crippen LogP contribution is 2.39. The number of aromatic nitrogens is 1. The molecule has 1 aromatic heterocycles. The fraction of sp³-hybridized carbons (Fsp3) is 0.250. The molecule has 4 aromatic rings. The molecule has 5 nitrogen and oxygen atoms in total. The number of nitrogens with one attached hydrogen (secondary N) is 1. The number of halogens is 1. The number of amides is 1. The number of hydrogen-bond acceptors (Lipinski definition) is 5. The van der Waals surface area contributed by atoms with Crippen LogP contribution in [0.1, 0.15) is 50.3 Å². The Bertz CT molecular complexity index is 1530. The second-order valence-corrected chi connectivity index (χ2v) is 11.6. The number of carbonyl (C=O) groups excluding carboxylic acids is 1. The normalized spacial score (nSPS) is 12.3. The highest BCUT2D eigenvalue weighted by molar-refractivity contribution is 7.16. The van der Waals surface area contributed by atoms with Crippen LogP contribution >= 0.6 is 22.9 Å². The fourth-order valence-electron chi connectivity index (χ4n) is 4.87. The van der Waals surface area contributed by atoms with Crippen molar-refractivity contribution < 1.29 is 9.90 Å². The molecular formula is C32H32ClN3O2S. The zero-order chi connectivity index (χ0) is 27.5. The Morgan fingerprint density at radius 1 is 1.08 bits per heavy atom. The van der Waals surface area contributed by atoms with Crippen molar-refractivity contribution in [3.05, 3.63) is 111 Å². The lowest BCUT2D eigenvalue weighted by atomic mass is 10.1. The zero-order valence-electron chi connectivity index (χ0n) is 22.3. The van der Waals surface area contributed by atoms with Gasteiger partial charge in [-0.3, -0.25) is 4.79 Å². The van der Waals surface area contributed by atoms with Crippen molar-refractivity contribution in [2.75, 3.05) is 11.4 Å². The number of anilines is 2. The third-order valence-corrected chi connectivity index (χ3v) is 8.51. The first kappa shape index (κ1) is 27.0. The first-order chi connectivity index (χ1) is 18.8. The van der Waals surface area contributed by atoms with E-state index in [1.807, 2.05) is 43.3 Å². The molecule has 7 heteroatoms. The van der Waals surface area contributed by atoms with E-state index in [-0.39, 0.29) is 11.7 Å². The van der Waals surface area contributed by atoms with Crippen LogP contribution in [-0.4, -0.2) is 22.5 Å². The van der Waals surface area contributed by atoms with Gasteiger partial charge in [0.1, 0.15) is 0 Å². The van der Waals surface area contributed by atoms with Crippen LogP contribution in [0.2, 0.25) is 5.02 Å². The molecule has 1 amide bonds. The molecule has 0 radical (unpaired) electrons. The summed E-state index contributed by atoms with van der Waals surface area (Å²) < 4.78 is 0. The van der Waals surface area contributed by atoms with Crippen molar-refractivity contribution >= 4 is 39.7 Å². The minimum absolute atomic E-state index is 0.0587. The minimum Gasteiger partial charge on any atom is -0.513 e. The van der Waals surface area contributed by atoms with Crippen LogP contribution in [0.4, 0.5) is 10.8 Å². The van der Waals surface area contributed by atoms with Crippen LogP contribution in [0.15, 0.2) is 73.0 Å². The van der Waals surface area contributed by atoms with E-state index in [0.717, 1.165) is 55.9 Å². The number of rotatable bonds is 9. The zero-order valence-corrected chi connectivity index (χ0v) is 23.8. The van der Waals surface area contributed by atoms with E-state index in [2.05, 4.69) is 48.0 Å². The molecule has 0 unspecified atom stereocenters. The van der Waals surface area contributed by atoms with Gasteiger partial charge in [0, 0.05) is 39.7 Å². The average molecular weight is 558 g/mol. The molecule has 1 aliphatic carbocycles. The average Bonchev–Trinajstić information content (AvgIpc) is 3.55. The van der Waals surface area contributed by atoms with Gasteiger partial charge in [0.05, 0.1) is 18.0 Å². The molecule has 0 saturated carbocycles. The van der Waals surface area contributed by atoms with E-state index in [1.54, 1.807) is 11.3 Å². The summed E-state index contributed by atoms with van der Waals surface area (Å²) in [4.78, 5) is 21.0. The molecule has 0 fully saturated rings. The van der Waals surface area contributed by atoms with Crippen molar-refractivity contribution in [2.45, 2.75) is 46.1 Å². The lowest BCUT2D eigenvalue weighted by Crippen LogP contribution is -2.24. The molecule has 1 heterocycles. The Morgan fingerprint density at radius 3 is 2.59 bits per heavy atom. The molecule has 39 heavy (non-hydrogen) atoms. The Balaban J connectivity index is 1.44. The van der Waals surface area contributed by atoms with Gasteiger partial charge < -0.3 is 15.3 Å². The van der Waals surface area contributed by atoms with E-state index in [9.17, 15) is 9.90 Å². The van der Waals surface area contributed by atoms with Gasteiger partial charge in [-0.1, -0.05) is 48.5 Å². The quantitative estimate of drug-likeness (QED) is 0.204. The second-order valence-electron chi connectivity index (χ2n) is 10.0. The molecule has 0 atom stereocenters. The highest BCUT2D eigenvalue weighted by atomic mass is 35.5. The number of thiazole rings is 1. The SMILES string of the molecule is C=C(O)CCNC(=O)c1ccc(CN(c2ccc3c(c2)CCC3)c2nc(-c3ccc(C)c(Cl)c3)c(C)s2)cc1. The summed E-state index contributed by atoms with van der Waals surface area (Å²) in [5, 5.41) is 13.7. The maximum absolute atomic E-state index is 12.5. The van der Waals surface area contributed by atoms with Crippen molar-refractivity contribution in [3.63, 3.8) is 0 Å². The summed E-state index contributed by atoms with van der Waals surface area (Å²) in [6.07, 6.45) is 3.78. The van der Waals surface area contributed by atoms with Crippen LogP contribution in [0.5, 0.6) is 0 Å². The van der Waals surface area contributed by atoms with Crippen LogP contribution < -0.4 is 10.2 Å². The summed E-state index contributed by atoms with van der Waals surface area (Å²) in [5.41, 5.74) is 8.62. The molecule has 1 aliphatic rings. The minimum atomic E-state index is -0.171. The maximum atomic E-state index is 12.5. The first-order valence-corrected chi connectivity index (χ1v) is 14.3. The molecule has 3 aromatic carbocycles. The van der Waals surface area contributed by atoms with Crippen molar-refractivity contribution in [1.29, 1.82) is 0 Å². The van der Waals surface area contributed by atoms with E-state index >= 15 is 0 Å². The molecule has 200 valence electrons. The predicted octanol–water partition coefficient (Wildman–Crippen LogP) is 8.10. The Labute approximate surface area is 238 Å². The molecule has 0 spiro atoms. The summed E-state index contributed by atoms with van der Waals surface area (Å²) in [6.45, 7) is 8.52. The highest BCUT2D eigenvalue weighted by Gasteiger charge is 2.20. The van der Waals surface area contributed by atoms with Gasteiger partial charge in [0.25, 0.3) is 5.91 Å². The lowest BCUT2D eigenvalue weighted by Gasteiger charge is -2.23. The van der Waals surface area contributed by atoms with E-state index in [0.29, 0.717) is 25.1 Å². The largest absolute Gasteiger partial charge is 0.513 e. The topological polar surface area (TPSA) is 65.5 Å². The third kappa shape index (κ3) is 6.18. The molecule has 2 N–H and O–H groups in total. The molecule has 0 saturated heterocycles. The van der Waals surface area contributed by atoms with Crippen LogP contribution in [0.25, 0.3) is 11.3 Å². The van der Waals surface area contributed by atoms with Gasteiger partial charge in [0.15, 0.2) is 5.13 Å². The number of aliphatic hydroxyl groups excluding tert-OH is 1. The standard InChI is InChI=1S/C32H32ClN3O2S/c1-20-7-10-27(18-29(20)33)30-22(3)39-32(35-30)36(28-14-13-24-5-4-6-26(24)17-28)19-23-8-11-25(12-9-23)31(38)34-16-15-21(2)37/h7-14,17-18,37H,2,4-6,15-16,19H2,1,3H3,(H,34,38). The van der Waals surface area contributed by atoms with Crippen LogP contribution in [0.3, 0.4) is 0 Å². The monoisotopic (exact) mass is 557 g/mol. The second kappa shape index (κ2) is 11.6. The van der Waals surface area contributed by atoms with Crippen LogP contribution in [-0.2, 0) is 19.4 Å².